The van der Waals surface area contributed by atoms with Crippen molar-refractivity contribution in [2.45, 2.75) is 50.5 Å². The molecule has 1 N–H and O–H groups in total. The number of halogens is 3. The Labute approximate surface area is 178 Å². The molecule has 0 saturated heterocycles. The molecule has 2 amide bonds. The Bertz CT molecular complexity index is 1000. The number of ether oxygens (including phenoxy) is 1. The third kappa shape index (κ3) is 4.24. The third-order valence-electron chi connectivity index (χ3n) is 5.79. The number of carbonyl (C=O) groups excluding carboxylic acids is 2. The van der Waals surface area contributed by atoms with Gasteiger partial charge in [0.1, 0.15) is 5.75 Å². The highest BCUT2D eigenvalue weighted by Gasteiger charge is 2.48. The zero-order chi connectivity index (χ0) is 22.3. The summed E-state index contributed by atoms with van der Waals surface area (Å²) in [7, 11) is 1.52. The Kier molecular flexibility index (Phi) is 5.41. The number of carbonyl (C=O) groups is 2. The molecule has 8 heteroatoms. The third-order valence-corrected chi connectivity index (χ3v) is 5.79. The van der Waals surface area contributed by atoms with Crippen molar-refractivity contribution in [1.29, 1.82) is 0 Å². The predicted molar refractivity (Wildman–Crippen MR) is 108 cm³/mol. The van der Waals surface area contributed by atoms with Crippen LogP contribution in [0.1, 0.15) is 52.9 Å². The minimum absolute atomic E-state index is 0.202. The molecule has 0 bridgehead atoms. The fraction of sp³-hybridized carbons (Fsp3) is 0.391. The van der Waals surface area contributed by atoms with Crippen LogP contribution in [0.5, 0.6) is 5.75 Å². The van der Waals surface area contributed by atoms with Gasteiger partial charge in [-0.05, 0) is 67.1 Å². The van der Waals surface area contributed by atoms with Gasteiger partial charge in [-0.2, -0.15) is 13.2 Å². The highest BCUT2D eigenvalue weighted by molar-refractivity contribution is 5.94. The Balaban J connectivity index is 1.74. The maximum absolute atomic E-state index is 13.4. The van der Waals surface area contributed by atoms with Gasteiger partial charge in [-0.25, -0.2) is 0 Å². The van der Waals surface area contributed by atoms with E-state index in [0.717, 1.165) is 23.3 Å². The average molecular weight is 432 g/mol. The molecule has 4 rings (SSSR count). The summed E-state index contributed by atoms with van der Waals surface area (Å²) in [4.78, 5) is 25.5. The number of hydrogen-bond donors (Lipinski definition) is 1. The molecule has 164 valence electrons. The number of benzene rings is 2. The Morgan fingerprint density at radius 1 is 1.10 bits per heavy atom. The van der Waals surface area contributed by atoms with E-state index >= 15 is 0 Å². The lowest BCUT2D eigenvalue weighted by Crippen LogP contribution is -2.51. The van der Waals surface area contributed by atoms with Crippen molar-refractivity contribution in [2.75, 3.05) is 7.11 Å². The summed E-state index contributed by atoms with van der Waals surface area (Å²) in [5.41, 5.74) is 2.40. The van der Waals surface area contributed by atoms with Crippen molar-refractivity contribution in [2.24, 2.45) is 0 Å². The highest BCUT2D eigenvalue weighted by Crippen LogP contribution is 2.41. The molecule has 0 unspecified atom stereocenters. The molecule has 2 aromatic carbocycles. The molecule has 0 radical (unpaired) electrons. The quantitative estimate of drug-likeness (QED) is 0.794. The first-order chi connectivity index (χ1) is 14.7. The molecule has 1 heterocycles. The van der Waals surface area contributed by atoms with Crippen LogP contribution in [0.25, 0.3) is 0 Å². The van der Waals surface area contributed by atoms with E-state index in [0.29, 0.717) is 22.4 Å². The van der Waals surface area contributed by atoms with E-state index in [9.17, 15) is 22.8 Å². The topological polar surface area (TPSA) is 58.6 Å². The molecular formula is C23H23F3N2O3. The summed E-state index contributed by atoms with van der Waals surface area (Å²) in [5.74, 6) is -1.48. The predicted octanol–water partition coefficient (Wildman–Crippen LogP) is 4.01. The highest BCUT2D eigenvalue weighted by atomic mass is 19.4. The van der Waals surface area contributed by atoms with Crippen LogP contribution in [-0.4, -0.2) is 42.1 Å². The van der Waals surface area contributed by atoms with Gasteiger partial charge in [0.05, 0.1) is 13.2 Å². The van der Waals surface area contributed by atoms with Gasteiger partial charge in [-0.1, -0.05) is 18.2 Å². The van der Waals surface area contributed by atoms with Crippen LogP contribution >= 0.6 is 0 Å². The van der Waals surface area contributed by atoms with Crippen LogP contribution in [0.15, 0.2) is 42.5 Å². The zero-order valence-corrected chi connectivity index (χ0v) is 17.2. The van der Waals surface area contributed by atoms with Crippen molar-refractivity contribution in [3.8, 4) is 5.75 Å². The van der Waals surface area contributed by atoms with Crippen LogP contribution in [0.4, 0.5) is 13.2 Å². The molecule has 2 atom stereocenters. The van der Waals surface area contributed by atoms with Crippen LogP contribution in [-0.2, 0) is 11.2 Å². The average Bonchev–Trinajstić information content (AvgIpc) is 3.55. The molecule has 1 saturated carbocycles. The standard InChI is InChI=1S/C23H23F3N2O3/c1-13-11-16-12-18(31-2)9-10-19(16)20(28(13)22(30)23(24,25)26)14-3-5-15(6-4-14)21(29)27-17-7-8-17/h3-6,9-10,12-13,17,20H,7-8,11H2,1-2H3,(H,27,29)/t13-,20-/m0/s1. The van der Waals surface area contributed by atoms with Gasteiger partial charge in [0.2, 0.25) is 0 Å². The van der Waals surface area contributed by atoms with Crippen molar-refractivity contribution in [3.63, 3.8) is 0 Å². The fourth-order valence-electron chi connectivity index (χ4n) is 4.09. The number of rotatable bonds is 4. The maximum Gasteiger partial charge on any atom is 0.471 e. The van der Waals surface area contributed by atoms with Gasteiger partial charge in [-0.3, -0.25) is 9.59 Å². The monoisotopic (exact) mass is 432 g/mol. The Morgan fingerprint density at radius 2 is 1.77 bits per heavy atom. The molecule has 1 aliphatic carbocycles. The SMILES string of the molecule is COc1ccc2c(c1)C[C@H](C)N(C(=O)C(F)(F)F)[C@H]2c1ccc(C(=O)NC2CC2)cc1. The summed E-state index contributed by atoms with van der Waals surface area (Å²) in [6.45, 7) is 1.61. The summed E-state index contributed by atoms with van der Waals surface area (Å²) in [6.07, 6.45) is -2.79. The Hall–Kier alpha value is -3.03. The number of methoxy groups -OCH3 is 1. The summed E-state index contributed by atoms with van der Waals surface area (Å²) in [6, 6.07) is 10.2. The van der Waals surface area contributed by atoms with E-state index < -0.39 is 24.2 Å². The molecule has 5 nitrogen and oxygen atoms in total. The second-order valence-corrected chi connectivity index (χ2v) is 8.10. The van der Waals surface area contributed by atoms with Gasteiger partial charge in [0.15, 0.2) is 0 Å². The largest absolute Gasteiger partial charge is 0.497 e. The van der Waals surface area contributed by atoms with Crippen LogP contribution in [0.3, 0.4) is 0 Å². The second-order valence-electron chi connectivity index (χ2n) is 8.10. The first kappa shape index (κ1) is 21.2. The summed E-state index contributed by atoms with van der Waals surface area (Å²) in [5, 5.41) is 2.89. The van der Waals surface area contributed by atoms with E-state index in [1.165, 1.54) is 7.11 Å². The molecular weight excluding hydrogens is 409 g/mol. The first-order valence-electron chi connectivity index (χ1n) is 10.2. The molecule has 1 fully saturated rings. The molecule has 0 spiro atoms. The van der Waals surface area contributed by atoms with Gasteiger partial charge in [-0.15, -0.1) is 0 Å². The smallest absolute Gasteiger partial charge is 0.471 e. The van der Waals surface area contributed by atoms with Crippen LogP contribution in [0, 0.1) is 0 Å². The van der Waals surface area contributed by atoms with Gasteiger partial charge in [0, 0.05) is 17.6 Å². The van der Waals surface area contributed by atoms with Gasteiger partial charge >= 0.3 is 12.1 Å². The van der Waals surface area contributed by atoms with Crippen molar-refractivity contribution < 1.29 is 27.5 Å². The molecule has 1 aliphatic heterocycles. The number of alkyl halides is 3. The van der Waals surface area contributed by atoms with Crippen molar-refractivity contribution in [1.82, 2.24) is 10.2 Å². The Morgan fingerprint density at radius 3 is 2.35 bits per heavy atom. The minimum Gasteiger partial charge on any atom is -0.497 e. The lowest BCUT2D eigenvalue weighted by molar-refractivity contribution is -0.190. The number of nitrogens with one attached hydrogen (secondary N) is 1. The number of nitrogens with zero attached hydrogens (tertiary/aromatic N) is 1. The molecule has 2 aliphatic rings. The van der Waals surface area contributed by atoms with Crippen molar-refractivity contribution in [3.05, 3.63) is 64.7 Å². The molecule has 0 aromatic heterocycles. The first-order valence-corrected chi connectivity index (χ1v) is 10.2. The van der Waals surface area contributed by atoms with E-state index in [1.807, 2.05) is 0 Å². The number of fused-ring (bicyclic) bond motifs is 1. The normalized spacial score (nSPS) is 20.7. The van der Waals surface area contributed by atoms with E-state index in [-0.39, 0.29) is 18.4 Å². The molecule has 31 heavy (non-hydrogen) atoms. The lowest BCUT2D eigenvalue weighted by atomic mass is 9.84. The number of amides is 2. The van der Waals surface area contributed by atoms with E-state index in [1.54, 1.807) is 49.4 Å². The second kappa shape index (κ2) is 7.90. The van der Waals surface area contributed by atoms with Gasteiger partial charge < -0.3 is 15.0 Å². The minimum atomic E-state index is -4.99. The fourth-order valence-corrected chi connectivity index (χ4v) is 4.09. The summed E-state index contributed by atoms with van der Waals surface area (Å²) >= 11 is 0. The van der Waals surface area contributed by atoms with Crippen molar-refractivity contribution >= 4 is 11.8 Å². The van der Waals surface area contributed by atoms with E-state index in [4.69, 9.17) is 4.74 Å². The van der Waals surface area contributed by atoms with Crippen LogP contribution < -0.4 is 10.1 Å². The zero-order valence-electron chi connectivity index (χ0n) is 17.2. The van der Waals surface area contributed by atoms with E-state index in [2.05, 4.69) is 5.32 Å². The maximum atomic E-state index is 13.4. The lowest BCUT2D eigenvalue weighted by Gasteiger charge is -2.42. The van der Waals surface area contributed by atoms with Gasteiger partial charge in [0.25, 0.3) is 5.91 Å². The van der Waals surface area contributed by atoms with Crippen LogP contribution in [0.2, 0.25) is 0 Å². The summed E-state index contributed by atoms with van der Waals surface area (Å²) < 4.78 is 45.5. The number of hydrogen-bond acceptors (Lipinski definition) is 3. The molecule has 2 aromatic rings.